The molecule has 1 saturated heterocycles. The minimum absolute atomic E-state index is 0.0574. The van der Waals surface area contributed by atoms with Gasteiger partial charge in [0, 0.05) is 6.54 Å². The molecular formula is C21H27NO5. The van der Waals surface area contributed by atoms with Crippen LogP contribution in [0.1, 0.15) is 38.7 Å². The van der Waals surface area contributed by atoms with Gasteiger partial charge >= 0.3 is 0 Å². The minimum atomic E-state index is -1.58. The van der Waals surface area contributed by atoms with Crippen LogP contribution in [0.2, 0.25) is 0 Å². The molecule has 6 nitrogen and oxygen atoms in total. The lowest BCUT2D eigenvalue weighted by Crippen LogP contribution is -2.54. The largest absolute Gasteiger partial charge is 0.508 e. The number of carbonyl (C=O) groups excluding carboxylic acids is 2. The number of benzene rings is 1. The van der Waals surface area contributed by atoms with E-state index in [1.165, 1.54) is 18.2 Å². The quantitative estimate of drug-likeness (QED) is 0.403. The highest BCUT2D eigenvalue weighted by atomic mass is 16.5. The third-order valence-electron chi connectivity index (χ3n) is 4.93. The predicted octanol–water partition coefficient (Wildman–Crippen LogP) is 2.80. The van der Waals surface area contributed by atoms with Crippen molar-refractivity contribution in [3.8, 4) is 5.75 Å². The molecule has 0 bridgehead atoms. The molecule has 1 heterocycles. The molecule has 1 aliphatic rings. The summed E-state index contributed by atoms with van der Waals surface area (Å²) in [6, 6.07) is 6.02. The van der Waals surface area contributed by atoms with Gasteiger partial charge in [0.2, 0.25) is 0 Å². The number of aliphatic hydroxyl groups is 1. The summed E-state index contributed by atoms with van der Waals surface area (Å²) >= 11 is 0. The third-order valence-corrected chi connectivity index (χ3v) is 4.93. The molecule has 0 amide bonds. The van der Waals surface area contributed by atoms with Crippen molar-refractivity contribution in [1.82, 2.24) is 5.06 Å². The molecule has 0 saturated carbocycles. The van der Waals surface area contributed by atoms with Gasteiger partial charge in [-0.15, -0.1) is 0 Å². The Bertz CT molecular complexity index is 737. The van der Waals surface area contributed by atoms with Crippen LogP contribution < -0.4 is 0 Å². The number of aliphatic hydroxyl groups excluding tert-OH is 1. The second-order valence-electron chi connectivity index (χ2n) is 7.09. The first-order valence-corrected chi connectivity index (χ1v) is 9.11. The number of rotatable bonds is 6. The fraction of sp³-hybridized carbons (Fsp3) is 0.429. The lowest BCUT2D eigenvalue weighted by atomic mass is 9.80. The number of phenols is 1. The Labute approximate surface area is 159 Å². The summed E-state index contributed by atoms with van der Waals surface area (Å²) in [5.41, 5.74) is 1.46. The molecule has 27 heavy (non-hydrogen) atoms. The van der Waals surface area contributed by atoms with Crippen molar-refractivity contribution in [2.24, 2.45) is 11.8 Å². The first kappa shape index (κ1) is 21.0. The summed E-state index contributed by atoms with van der Waals surface area (Å²) in [7, 11) is 0. The normalized spacial score (nSPS) is 25.7. The van der Waals surface area contributed by atoms with E-state index in [2.05, 4.69) is 13.8 Å². The second-order valence-corrected chi connectivity index (χ2v) is 7.09. The van der Waals surface area contributed by atoms with E-state index in [-0.39, 0.29) is 12.3 Å². The van der Waals surface area contributed by atoms with Gasteiger partial charge in [0.15, 0.2) is 11.6 Å². The number of carbonyl (C=O) groups is 2. The molecular weight excluding hydrogens is 346 g/mol. The lowest BCUT2D eigenvalue weighted by Gasteiger charge is -2.36. The number of nitrogens with zero attached hydrogens (tertiary/aromatic N) is 1. The van der Waals surface area contributed by atoms with Crippen LogP contribution in [-0.2, 0) is 9.59 Å². The van der Waals surface area contributed by atoms with Crippen LogP contribution in [-0.4, -0.2) is 44.8 Å². The van der Waals surface area contributed by atoms with Crippen molar-refractivity contribution in [3.05, 3.63) is 53.6 Å². The molecule has 1 fully saturated rings. The van der Waals surface area contributed by atoms with Crippen molar-refractivity contribution in [2.75, 3.05) is 6.54 Å². The number of Topliss-reactive ketones (excluding diaryl/α,β-unsaturated/α-hetero) is 1. The first-order chi connectivity index (χ1) is 12.7. The Hall–Kier alpha value is -2.28. The first-order valence-electron chi connectivity index (χ1n) is 9.11. The maximum Gasteiger partial charge on any atom is 0.170 e. The van der Waals surface area contributed by atoms with Crippen LogP contribution in [0.5, 0.6) is 5.75 Å². The SMILES string of the molecule is CCC(C)C=C(C)C=CC(=O)C1C(=O)C(c2ccc(O)cc2)CN(O)C1O. The molecule has 0 aromatic heterocycles. The monoisotopic (exact) mass is 373 g/mol. The summed E-state index contributed by atoms with van der Waals surface area (Å²) in [5, 5.41) is 30.2. The van der Waals surface area contributed by atoms with Crippen LogP contribution >= 0.6 is 0 Å². The summed E-state index contributed by atoms with van der Waals surface area (Å²) in [6.07, 6.45) is 4.34. The number of aromatic hydroxyl groups is 1. The fourth-order valence-electron chi connectivity index (χ4n) is 3.12. The molecule has 1 aliphatic heterocycles. The molecule has 3 N–H and O–H groups in total. The van der Waals surface area contributed by atoms with E-state index in [0.717, 1.165) is 12.0 Å². The zero-order valence-electron chi connectivity index (χ0n) is 15.9. The van der Waals surface area contributed by atoms with Gasteiger partial charge in [-0.2, -0.15) is 5.06 Å². The summed E-state index contributed by atoms with van der Waals surface area (Å²) in [6.45, 7) is 5.89. The van der Waals surface area contributed by atoms with Crippen LogP contribution in [0.4, 0.5) is 0 Å². The highest BCUT2D eigenvalue weighted by molar-refractivity contribution is 6.10. The molecule has 1 aromatic carbocycles. The van der Waals surface area contributed by atoms with E-state index in [0.29, 0.717) is 16.5 Å². The van der Waals surface area contributed by atoms with Gasteiger partial charge in [-0.05, 0) is 36.6 Å². The maximum absolute atomic E-state index is 12.8. The van der Waals surface area contributed by atoms with E-state index < -0.39 is 29.6 Å². The minimum Gasteiger partial charge on any atom is -0.508 e. The van der Waals surface area contributed by atoms with Crippen LogP contribution in [0, 0.1) is 11.8 Å². The smallest absolute Gasteiger partial charge is 0.170 e. The van der Waals surface area contributed by atoms with Gasteiger partial charge in [0.25, 0.3) is 0 Å². The standard InChI is InChI=1S/C21H27NO5/c1-4-13(2)11-14(3)5-10-18(24)19-20(25)17(12-22(27)21(19)26)15-6-8-16(23)9-7-15/h5-11,13,17,19,21,23,26-27H,4,12H2,1-3H3. The highest BCUT2D eigenvalue weighted by Gasteiger charge is 2.45. The number of allylic oxidation sites excluding steroid dienone is 4. The molecule has 1 aromatic rings. The maximum atomic E-state index is 12.8. The molecule has 6 heteroatoms. The van der Waals surface area contributed by atoms with Crippen molar-refractivity contribution in [1.29, 1.82) is 0 Å². The van der Waals surface area contributed by atoms with Gasteiger partial charge in [-0.1, -0.05) is 50.1 Å². The highest BCUT2D eigenvalue weighted by Crippen LogP contribution is 2.31. The van der Waals surface area contributed by atoms with Crippen LogP contribution in [0.25, 0.3) is 0 Å². The number of hydroxylamine groups is 2. The molecule has 2 rings (SSSR count). The lowest BCUT2D eigenvalue weighted by molar-refractivity contribution is -0.227. The summed E-state index contributed by atoms with van der Waals surface area (Å²) < 4.78 is 0. The van der Waals surface area contributed by atoms with E-state index >= 15 is 0 Å². The average Bonchev–Trinajstić information content (AvgIpc) is 2.64. The number of hydrogen-bond donors (Lipinski definition) is 3. The van der Waals surface area contributed by atoms with Crippen LogP contribution in [0.3, 0.4) is 0 Å². The van der Waals surface area contributed by atoms with E-state index in [9.17, 15) is 25.0 Å². The third kappa shape index (κ3) is 5.13. The molecule has 4 unspecified atom stereocenters. The van der Waals surface area contributed by atoms with Gasteiger partial charge in [0.05, 0.1) is 5.92 Å². The second kappa shape index (κ2) is 9.08. The predicted molar refractivity (Wildman–Crippen MR) is 101 cm³/mol. The van der Waals surface area contributed by atoms with Gasteiger partial charge < -0.3 is 15.4 Å². The number of ketones is 2. The Morgan fingerprint density at radius 2 is 1.93 bits per heavy atom. The molecule has 0 radical (unpaired) electrons. The van der Waals surface area contributed by atoms with E-state index in [1.54, 1.807) is 18.2 Å². The fourth-order valence-corrected chi connectivity index (χ4v) is 3.12. The summed E-state index contributed by atoms with van der Waals surface area (Å²) in [4.78, 5) is 25.4. The Balaban J connectivity index is 2.22. The summed E-state index contributed by atoms with van der Waals surface area (Å²) in [5.74, 6) is -2.70. The Morgan fingerprint density at radius 3 is 2.52 bits per heavy atom. The molecule has 0 aliphatic carbocycles. The van der Waals surface area contributed by atoms with Crippen molar-refractivity contribution in [3.63, 3.8) is 0 Å². The van der Waals surface area contributed by atoms with E-state index in [1.807, 2.05) is 13.0 Å². The number of hydrogen-bond acceptors (Lipinski definition) is 6. The van der Waals surface area contributed by atoms with Gasteiger partial charge in [-0.25, -0.2) is 0 Å². The average molecular weight is 373 g/mol. The zero-order valence-corrected chi connectivity index (χ0v) is 15.9. The molecule has 4 atom stereocenters. The van der Waals surface area contributed by atoms with Crippen molar-refractivity contribution < 1.29 is 25.0 Å². The molecule has 0 spiro atoms. The van der Waals surface area contributed by atoms with Gasteiger partial charge in [0.1, 0.15) is 17.9 Å². The number of piperidine rings is 1. The van der Waals surface area contributed by atoms with Crippen molar-refractivity contribution in [2.45, 2.75) is 39.3 Å². The van der Waals surface area contributed by atoms with Crippen LogP contribution in [0.15, 0.2) is 48.1 Å². The van der Waals surface area contributed by atoms with Gasteiger partial charge in [-0.3, -0.25) is 9.59 Å². The Morgan fingerprint density at radius 1 is 1.30 bits per heavy atom. The topological polar surface area (TPSA) is 98.1 Å². The Kier molecular flexibility index (Phi) is 7.07. The number of phenolic OH excluding ortho intramolecular Hbond substituents is 1. The van der Waals surface area contributed by atoms with Crippen molar-refractivity contribution >= 4 is 11.6 Å². The van der Waals surface area contributed by atoms with E-state index in [4.69, 9.17) is 0 Å². The zero-order chi connectivity index (χ0) is 20.1. The molecule has 146 valence electrons.